The Kier molecular flexibility index (Phi) is 5.44. The zero-order chi connectivity index (χ0) is 18.0. The van der Waals surface area contributed by atoms with Gasteiger partial charge in [-0.1, -0.05) is 31.0 Å². The average molecular weight is 367 g/mol. The van der Waals surface area contributed by atoms with E-state index in [1.807, 2.05) is 11.0 Å². The number of hydrogen-bond donors (Lipinski definition) is 0. The third kappa shape index (κ3) is 3.57. The van der Waals surface area contributed by atoms with Crippen molar-refractivity contribution in [3.8, 4) is 0 Å². The Morgan fingerprint density at radius 3 is 2.84 bits per heavy atom. The molecule has 0 N–H and O–H groups in total. The van der Waals surface area contributed by atoms with Crippen molar-refractivity contribution < 1.29 is 9.66 Å². The number of aromatic nitrogens is 1. The summed E-state index contributed by atoms with van der Waals surface area (Å²) in [5.74, 6) is 0.622. The molecular weight excluding hydrogens is 344 g/mol. The molecule has 3 rings (SSSR count). The molecule has 2 unspecified atom stereocenters. The van der Waals surface area contributed by atoms with Crippen LogP contribution >= 0.6 is 11.6 Å². The van der Waals surface area contributed by atoms with Gasteiger partial charge in [-0.15, -0.1) is 0 Å². The molecule has 1 fully saturated rings. The predicted octanol–water partition coefficient (Wildman–Crippen LogP) is 3.09. The van der Waals surface area contributed by atoms with Gasteiger partial charge >= 0.3 is 0 Å². The standard InChI is InChI=1S/C17H23ClN4O3/c1-3-4-13-9-15(25-2)21-8-7-20(17(21)16(13)22(23)24)11-12-5-6-14(18)19-10-12/h5-6,10,13,15H,3-4,7-9,11H2,1-2H3. The van der Waals surface area contributed by atoms with Crippen molar-refractivity contribution in [3.63, 3.8) is 0 Å². The number of nitro groups is 1. The quantitative estimate of drug-likeness (QED) is 0.437. The first kappa shape index (κ1) is 17.9. The van der Waals surface area contributed by atoms with E-state index in [4.69, 9.17) is 16.3 Å². The van der Waals surface area contributed by atoms with Crippen LogP contribution in [0.5, 0.6) is 0 Å². The molecule has 136 valence electrons. The van der Waals surface area contributed by atoms with Crippen LogP contribution in [0.2, 0.25) is 5.15 Å². The van der Waals surface area contributed by atoms with Crippen LogP contribution in [0.15, 0.2) is 29.8 Å². The Balaban J connectivity index is 1.96. The number of rotatable bonds is 6. The number of methoxy groups -OCH3 is 1. The van der Waals surface area contributed by atoms with E-state index in [1.54, 1.807) is 19.4 Å². The summed E-state index contributed by atoms with van der Waals surface area (Å²) in [5, 5.41) is 12.3. The van der Waals surface area contributed by atoms with Crippen molar-refractivity contribution in [1.82, 2.24) is 14.8 Å². The third-order valence-corrected chi connectivity index (χ3v) is 5.12. The van der Waals surface area contributed by atoms with Gasteiger partial charge in [-0.05, 0) is 18.1 Å². The maximum atomic E-state index is 11.8. The van der Waals surface area contributed by atoms with Gasteiger partial charge in [0.1, 0.15) is 11.4 Å². The molecule has 0 saturated carbocycles. The number of hydrogen-bond acceptors (Lipinski definition) is 6. The molecule has 0 aromatic carbocycles. The fourth-order valence-electron chi connectivity index (χ4n) is 3.81. The van der Waals surface area contributed by atoms with Crippen LogP contribution in [0.4, 0.5) is 0 Å². The Hall–Kier alpha value is -1.86. The molecule has 0 radical (unpaired) electrons. The van der Waals surface area contributed by atoms with E-state index < -0.39 is 0 Å². The molecule has 2 aliphatic rings. The maximum absolute atomic E-state index is 11.8. The van der Waals surface area contributed by atoms with E-state index in [0.29, 0.717) is 29.6 Å². The van der Waals surface area contributed by atoms with Crippen LogP contribution in [0.1, 0.15) is 31.7 Å². The van der Waals surface area contributed by atoms with Crippen LogP contribution in [0, 0.1) is 16.0 Å². The van der Waals surface area contributed by atoms with E-state index in [-0.39, 0.29) is 17.1 Å². The highest BCUT2D eigenvalue weighted by Gasteiger charge is 2.46. The molecular formula is C17H23ClN4O3. The van der Waals surface area contributed by atoms with E-state index in [0.717, 1.165) is 31.5 Å². The van der Waals surface area contributed by atoms with Gasteiger partial charge in [0.25, 0.3) is 5.70 Å². The van der Waals surface area contributed by atoms with Crippen LogP contribution in [0.25, 0.3) is 0 Å². The lowest BCUT2D eigenvalue weighted by Crippen LogP contribution is -2.43. The topological polar surface area (TPSA) is 71.7 Å². The highest BCUT2D eigenvalue weighted by Crippen LogP contribution is 2.39. The van der Waals surface area contributed by atoms with Gasteiger partial charge < -0.3 is 14.5 Å². The Morgan fingerprint density at radius 1 is 1.44 bits per heavy atom. The maximum Gasteiger partial charge on any atom is 0.289 e. The van der Waals surface area contributed by atoms with Crippen molar-refractivity contribution in [1.29, 1.82) is 0 Å². The van der Waals surface area contributed by atoms with E-state index in [1.165, 1.54) is 0 Å². The molecule has 25 heavy (non-hydrogen) atoms. The predicted molar refractivity (Wildman–Crippen MR) is 94.2 cm³/mol. The SMILES string of the molecule is CCCC1CC(OC)N2CCN(Cc3ccc(Cl)nc3)C2=C1[N+](=O)[O-]. The second-order valence-corrected chi connectivity index (χ2v) is 6.87. The summed E-state index contributed by atoms with van der Waals surface area (Å²) in [7, 11) is 1.67. The summed E-state index contributed by atoms with van der Waals surface area (Å²) in [6.45, 7) is 4.09. The Bertz CT molecular complexity index is 664. The number of allylic oxidation sites excluding steroid dienone is 1. The largest absolute Gasteiger partial charge is 0.362 e. The highest BCUT2D eigenvalue weighted by molar-refractivity contribution is 6.29. The zero-order valence-electron chi connectivity index (χ0n) is 14.5. The highest BCUT2D eigenvalue weighted by atomic mass is 35.5. The Morgan fingerprint density at radius 2 is 2.24 bits per heavy atom. The minimum Gasteiger partial charge on any atom is -0.362 e. The molecule has 1 aromatic rings. The van der Waals surface area contributed by atoms with Gasteiger partial charge in [0.05, 0.1) is 10.8 Å². The third-order valence-electron chi connectivity index (χ3n) is 4.90. The minimum atomic E-state index is -0.201. The molecule has 0 spiro atoms. The van der Waals surface area contributed by atoms with Gasteiger partial charge in [-0.3, -0.25) is 10.1 Å². The van der Waals surface area contributed by atoms with Crippen molar-refractivity contribution in [2.24, 2.45) is 5.92 Å². The van der Waals surface area contributed by atoms with Gasteiger partial charge in [0.15, 0.2) is 5.82 Å². The first-order valence-electron chi connectivity index (χ1n) is 8.58. The van der Waals surface area contributed by atoms with Gasteiger partial charge in [-0.2, -0.15) is 0 Å². The second-order valence-electron chi connectivity index (χ2n) is 6.48. The van der Waals surface area contributed by atoms with Crippen LogP contribution in [-0.4, -0.2) is 46.1 Å². The number of halogens is 1. The minimum absolute atomic E-state index is 0.0832. The number of pyridine rings is 1. The van der Waals surface area contributed by atoms with Crippen LogP contribution < -0.4 is 0 Å². The normalized spacial score (nSPS) is 23.2. The monoisotopic (exact) mass is 366 g/mol. The molecule has 3 heterocycles. The molecule has 2 aliphatic heterocycles. The smallest absolute Gasteiger partial charge is 0.289 e. The summed E-state index contributed by atoms with van der Waals surface area (Å²) < 4.78 is 5.64. The van der Waals surface area contributed by atoms with Crippen molar-refractivity contribution in [2.75, 3.05) is 20.2 Å². The lowest BCUT2D eigenvalue weighted by molar-refractivity contribution is -0.440. The lowest BCUT2D eigenvalue weighted by atomic mass is 9.91. The van der Waals surface area contributed by atoms with E-state index in [9.17, 15) is 10.1 Å². The number of nitrogens with zero attached hydrogens (tertiary/aromatic N) is 4. The van der Waals surface area contributed by atoms with E-state index >= 15 is 0 Å². The molecule has 0 amide bonds. The molecule has 2 atom stereocenters. The Labute approximate surface area is 152 Å². The number of ether oxygens (including phenoxy) is 1. The van der Waals surface area contributed by atoms with Crippen molar-refractivity contribution >= 4 is 11.6 Å². The summed E-state index contributed by atoms with van der Waals surface area (Å²) in [6.07, 6.45) is 3.98. The molecule has 0 bridgehead atoms. The lowest BCUT2D eigenvalue weighted by Gasteiger charge is -2.37. The first-order valence-corrected chi connectivity index (χ1v) is 8.96. The number of fused-ring (bicyclic) bond motifs is 1. The van der Waals surface area contributed by atoms with Crippen LogP contribution in [0.3, 0.4) is 0 Å². The summed E-state index contributed by atoms with van der Waals surface area (Å²) in [4.78, 5) is 19.8. The second kappa shape index (κ2) is 7.58. The zero-order valence-corrected chi connectivity index (χ0v) is 15.3. The van der Waals surface area contributed by atoms with E-state index in [2.05, 4.69) is 16.8 Å². The summed E-state index contributed by atoms with van der Waals surface area (Å²) in [6, 6.07) is 3.65. The van der Waals surface area contributed by atoms with Gasteiger partial charge in [-0.25, -0.2) is 4.98 Å². The molecule has 0 aliphatic carbocycles. The fraction of sp³-hybridized carbons (Fsp3) is 0.588. The van der Waals surface area contributed by atoms with Crippen molar-refractivity contribution in [2.45, 2.75) is 39.0 Å². The van der Waals surface area contributed by atoms with Gasteiger partial charge in [0, 0.05) is 39.4 Å². The fourth-order valence-corrected chi connectivity index (χ4v) is 3.92. The average Bonchev–Trinajstić information content (AvgIpc) is 2.99. The summed E-state index contributed by atoms with van der Waals surface area (Å²) in [5.41, 5.74) is 1.31. The molecule has 8 heteroatoms. The first-order chi connectivity index (χ1) is 12.0. The van der Waals surface area contributed by atoms with Crippen LogP contribution in [-0.2, 0) is 11.3 Å². The van der Waals surface area contributed by atoms with Gasteiger partial charge in [0.2, 0.25) is 0 Å². The van der Waals surface area contributed by atoms with Crippen molar-refractivity contribution in [3.05, 3.63) is 50.7 Å². The molecule has 1 saturated heterocycles. The molecule has 1 aromatic heterocycles. The summed E-state index contributed by atoms with van der Waals surface area (Å²) >= 11 is 5.85. The molecule has 7 nitrogen and oxygen atoms in total.